The fraction of sp³-hybridized carbons (Fsp3) is 0.368. The topological polar surface area (TPSA) is 107 Å². The van der Waals surface area contributed by atoms with Gasteiger partial charge in [-0.05, 0) is 11.6 Å². The van der Waals surface area contributed by atoms with Gasteiger partial charge in [0.15, 0.2) is 17.2 Å². The molecule has 2 aromatic rings. The van der Waals surface area contributed by atoms with Crippen LogP contribution < -0.4 is 0 Å². The van der Waals surface area contributed by atoms with Gasteiger partial charge < -0.3 is 19.1 Å². The summed E-state index contributed by atoms with van der Waals surface area (Å²) >= 11 is 0. The number of rotatable bonds is 3. The Balaban J connectivity index is 1.54. The molecule has 15 heteroatoms. The molecule has 1 fully saturated rings. The van der Waals surface area contributed by atoms with E-state index < -0.39 is 70.6 Å². The smallest absolute Gasteiger partial charge is 0.451 e. The van der Waals surface area contributed by atoms with E-state index in [-0.39, 0.29) is 31.5 Å². The number of halogens is 6. The molecule has 0 atom stereocenters. The van der Waals surface area contributed by atoms with Gasteiger partial charge in [0.2, 0.25) is 5.82 Å². The molecule has 9 nitrogen and oxygen atoms in total. The van der Waals surface area contributed by atoms with E-state index in [1.165, 1.54) is 4.90 Å². The minimum Gasteiger partial charge on any atom is -0.511 e. The van der Waals surface area contributed by atoms with E-state index in [1.54, 1.807) is 0 Å². The normalized spacial score (nSPS) is 21.2. The molecule has 0 amide bonds. The van der Waals surface area contributed by atoms with Crippen LogP contribution in [-0.2, 0) is 44.7 Å². The van der Waals surface area contributed by atoms with Gasteiger partial charge in [-0.1, -0.05) is 0 Å². The molecule has 1 aromatic heterocycles. The highest BCUT2D eigenvalue weighted by molar-refractivity contribution is 6.15. The molecule has 2 aliphatic rings. The highest BCUT2D eigenvalue weighted by atomic mass is 19.4. The second-order valence-electron chi connectivity index (χ2n) is 7.54. The van der Waals surface area contributed by atoms with Crippen molar-refractivity contribution in [2.45, 2.75) is 38.5 Å². The summed E-state index contributed by atoms with van der Waals surface area (Å²) < 4.78 is 90.5. The molecule has 0 aliphatic carbocycles. The van der Waals surface area contributed by atoms with Gasteiger partial charge in [-0.25, -0.2) is 27.7 Å². The van der Waals surface area contributed by atoms with Crippen molar-refractivity contribution in [2.75, 3.05) is 6.54 Å². The number of nitrogens with zero attached hydrogens (tertiary/aromatic N) is 4. The lowest BCUT2D eigenvalue weighted by molar-refractivity contribution is -0.290. The maximum Gasteiger partial charge on any atom is 0.451 e. The van der Waals surface area contributed by atoms with Crippen LogP contribution >= 0.6 is 0 Å². The second kappa shape index (κ2) is 8.00. The predicted octanol–water partition coefficient (Wildman–Crippen LogP) is 2.36. The Bertz CT molecular complexity index is 1200. The molecule has 2 aliphatic heterocycles. The van der Waals surface area contributed by atoms with Crippen molar-refractivity contribution >= 4 is 11.9 Å². The molecule has 0 saturated carbocycles. The first-order chi connectivity index (χ1) is 15.8. The lowest BCUT2D eigenvalue weighted by Gasteiger charge is -2.42. The summed E-state index contributed by atoms with van der Waals surface area (Å²) in [5.41, 5.74) is -1.55. The van der Waals surface area contributed by atoms with Gasteiger partial charge >= 0.3 is 24.0 Å². The van der Waals surface area contributed by atoms with Crippen molar-refractivity contribution in [3.05, 3.63) is 58.1 Å². The Hall–Kier alpha value is -3.62. The van der Waals surface area contributed by atoms with E-state index in [4.69, 9.17) is 9.47 Å². The van der Waals surface area contributed by atoms with Crippen LogP contribution in [0, 0.1) is 17.5 Å². The molecular formula is C19H14F6N4O5. The number of benzene rings is 1. The van der Waals surface area contributed by atoms with Gasteiger partial charge in [-0.15, -0.1) is 10.2 Å². The van der Waals surface area contributed by atoms with Crippen LogP contribution in [0.5, 0.6) is 0 Å². The van der Waals surface area contributed by atoms with Crippen molar-refractivity contribution in [3.63, 3.8) is 0 Å². The highest BCUT2D eigenvalue weighted by Crippen LogP contribution is 2.34. The van der Waals surface area contributed by atoms with Gasteiger partial charge in [0.1, 0.15) is 17.4 Å². The van der Waals surface area contributed by atoms with Crippen LogP contribution in [0.25, 0.3) is 0 Å². The van der Waals surface area contributed by atoms with Crippen molar-refractivity contribution in [1.82, 2.24) is 19.7 Å². The van der Waals surface area contributed by atoms with Gasteiger partial charge in [-0.2, -0.15) is 13.2 Å². The number of cyclic esters (lactones) is 2. The zero-order chi connectivity index (χ0) is 25.0. The summed E-state index contributed by atoms with van der Waals surface area (Å²) in [6.07, 6.45) is -5.59. The van der Waals surface area contributed by atoms with Crippen LogP contribution in [0.15, 0.2) is 23.5 Å². The van der Waals surface area contributed by atoms with E-state index in [0.717, 1.165) is 11.5 Å². The number of ether oxygens (including phenoxy) is 2. The summed E-state index contributed by atoms with van der Waals surface area (Å²) in [6, 6.07) is 0.681. The number of hydrogen-bond donors (Lipinski definition) is 1. The third kappa shape index (κ3) is 4.06. The van der Waals surface area contributed by atoms with Crippen LogP contribution in [0.3, 0.4) is 0 Å². The third-order valence-corrected chi connectivity index (χ3v) is 5.29. The van der Waals surface area contributed by atoms with Crippen molar-refractivity contribution in [2.24, 2.45) is 0 Å². The zero-order valence-electron chi connectivity index (χ0n) is 17.1. The SMILES string of the molecule is CC1(N2CCn3c(nnc3C(F)(F)F)C2)OC(=O)C(=C(O)Cc2cc(F)c(F)cc2F)C(=O)O1. The molecule has 4 rings (SSSR count). The van der Waals surface area contributed by atoms with Gasteiger partial charge in [0.25, 0.3) is 0 Å². The molecule has 1 aromatic carbocycles. The first-order valence-corrected chi connectivity index (χ1v) is 9.56. The van der Waals surface area contributed by atoms with Gasteiger partial charge in [0.05, 0.1) is 6.54 Å². The lowest BCUT2D eigenvalue weighted by Crippen LogP contribution is -2.58. The molecule has 3 heterocycles. The summed E-state index contributed by atoms with van der Waals surface area (Å²) in [7, 11) is 0. The fourth-order valence-electron chi connectivity index (χ4n) is 3.60. The maximum absolute atomic E-state index is 13.9. The van der Waals surface area contributed by atoms with E-state index in [2.05, 4.69) is 10.2 Å². The summed E-state index contributed by atoms with van der Waals surface area (Å²) in [5.74, 6) is -11.3. The molecule has 0 bridgehead atoms. The zero-order valence-corrected chi connectivity index (χ0v) is 17.1. The first-order valence-electron chi connectivity index (χ1n) is 9.56. The number of allylic oxidation sites excluding steroid dienone is 1. The number of carbonyl (C=O) groups is 2. The predicted molar refractivity (Wildman–Crippen MR) is 95.7 cm³/mol. The number of carbonyl (C=O) groups excluding carboxylic acids is 2. The summed E-state index contributed by atoms with van der Waals surface area (Å²) in [6.45, 7) is 0.412. The maximum atomic E-state index is 13.9. The van der Waals surface area contributed by atoms with Crippen LogP contribution in [-0.4, -0.2) is 49.2 Å². The quantitative estimate of drug-likeness (QED) is 0.174. The monoisotopic (exact) mass is 492 g/mol. The van der Waals surface area contributed by atoms with Crippen LogP contribution in [0.4, 0.5) is 26.3 Å². The molecule has 0 radical (unpaired) electrons. The Kier molecular flexibility index (Phi) is 5.54. The van der Waals surface area contributed by atoms with Gasteiger partial charge in [0, 0.05) is 32.5 Å². The Morgan fingerprint density at radius 2 is 1.68 bits per heavy atom. The molecule has 0 unspecified atom stereocenters. The van der Waals surface area contributed by atoms with E-state index in [1.807, 2.05) is 0 Å². The van der Waals surface area contributed by atoms with Crippen molar-refractivity contribution in [1.29, 1.82) is 0 Å². The summed E-state index contributed by atoms with van der Waals surface area (Å²) in [4.78, 5) is 26.2. The average molecular weight is 492 g/mol. The van der Waals surface area contributed by atoms with E-state index in [9.17, 15) is 41.0 Å². The average Bonchev–Trinajstić information content (AvgIpc) is 3.15. The Morgan fingerprint density at radius 1 is 1.06 bits per heavy atom. The highest BCUT2D eigenvalue weighted by Gasteiger charge is 2.50. The minimum atomic E-state index is -4.73. The molecule has 182 valence electrons. The Labute approximate surface area is 186 Å². The number of fused-ring (bicyclic) bond motifs is 1. The number of hydrogen-bond acceptors (Lipinski definition) is 8. The number of alkyl halides is 3. The molecule has 1 saturated heterocycles. The number of aromatic nitrogens is 3. The lowest BCUT2D eigenvalue weighted by atomic mass is 10.1. The molecular weight excluding hydrogens is 478 g/mol. The standard InChI is InChI=1S/C19H14F6N4O5/c1-18(28-2-3-29-13(7-28)26-27-17(29)19(23,24)25)33-15(31)14(16(32)34-18)12(30)5-8-4-10(21)11(22)6-9(8)20/h4,6,30H,2-3,5,7H2,1H3. The number of aliphatic hydroxyl groups is 1. The number of esters is 2. The fourth-order valence-corrected chi connectivity index (χ4v) is 3.60. The molecule has 34 heavy (non-hydrogen) atoms. The molecule has 0 spiro atoms. The Morgan fingerprint density at radius 3 is 2.29 bits per heavy atom. The third-order valence-electron chi connectivity index (χ3n) is 5.29. The van der Waals surface area contributed by atoms with E-state index in [0.29, 0.717) is 6.07 Å². The first kappa shape index (κ1) is 23.5. The minimum absolute atomic E-state index is 0.120. The van der Waals surface area contributed by atoms with Crippen molar-refractivity contribution < 1.29 is 50.5 Å². The van der Waals surface area contributed by atoms with E-state index >= 15 is 0 Å². The largest absolute Gasteiger partial charge is 0.511 e. The summed E-state index contributed by atoms with van der Waals surface area (Å²) in [5, 5.41) is 16.8. The molecule has 1 N–H and O–H groups in total. The number of aliphatic hydroxyl groups excluding tert-OH is 1. The van der Waals surface area contributed by atoms with Crippen LogP contribution in [0.1, 0.15) is 24.1 Å². The van der Waals surface area contributed by atoms with Gasteiger partial charge in [-0.3, -0.25) is 0 Å². The second-order valence-corrected chi connectivity index (χ2v) is 7.54. The van der Waals surface area contributed by atoms with Crippen molar-refractivity contribution in [3.8, 4) is 0 Å². The van der Waals surface area contributed by atoms with Crippen LogP contribution in [0.2, 0.25) is 0 Å².